The Morgan fingerprint density at radius 2 is 0.750 bits per heavy atom. The molecule has 4 aliphatic rings. The Morgan fingerprint density at radius 3 is 1.35 bits per heavy atom. The van der Waals surface area contributed by atoms with E-state index in [2.05, 4.69) is 182 Å². The maximum Gasteiger partial charge on any atom is 0.0285 e. The Kier molecular flexibility index (Phi) is 5.82. The highest BCUT2D eigenvalue weighted by Gasteiger charge is 2.42. The maximum atomic E-state index is 2.53. The molecular weight excluding hydrogens is 625 g/mol. The summed E-state index contributed by atoms with van der Waals surface area (Å²) in [5.74, 6) is 0.513. The molecular formula is C52H34. The third-order valence-corrected chi connectivity index (χ3v) is 12.6. The van der Waals surface area contributed by atoms with Gasteiger partial charge >= 0.3 is 0 Å². The first-order valence-corrected chi connectivity index (χ1v) is 18.7. The standard InChI is InChI=1S/C52H34/c1-9-31-15-4-20-38-41(28-25-35(12-1)46(31)38)50-44-23-7-18-34-19-8-24-45(49(34)44)51(42-29-26-36-13-2-10-32-16-5-21-39(42)47(32)36)52(50)43-30-27-37-14-3-11-33-17-6-22-40(43)48(33)37/h1-30,41-43,50H. The fraction of sp³-hybridized carbons (Fsp3) is 0.0769. The minimum atomic E-state index is 0.107. The Labute approximate surface area is 303 Å². The average molecular weight is 659 g/mol. The first-order chi connectivity index (χ1) is 25.8. The molecule has 0 bridgehead atoms. The van der Waals surface area contributed by atoms with E-state index in [1.165, 1.54) is 98.7 Å². The molecule has 242 valence electrons. The minimum absolute atomic E-state index is 0.107. The van der Waals surface area contributed by atoms with Gasteiger partial charge in [0.1, 0.15) is 0 Å². The van der Waals surface area contributed by atoms with E-state index < -0.39 is 0 Å². The SMILES string of the molecule is C1=CC(C2=C(C3C=Cc4cccc5cccc3c45)C(C3C=Cc4cccc5cccc3c45)c3cccc4cccc2c34)c2cccc3cccc1c23. The van der Waals surface area contributed by atoms with Crippen LogP contribution in [0, 0.1) is 0 Å². The molecule has 8 aromatic rings. The second-order valence-corrected chi connectivity index (χ2v) is 15.0. The summed E-state index contributed by atoms with van der Waals surface area (Å²) in [7, 11) is 0. The van der Waals surface area contributed by atoms with Gasteiger partial charge in [0.15, 0.2) is 0 Å². The molecule has 0 aliphatic heterocycles. The summed E-state index contributed by atoms with van der Waals surface area (Å²) in [5.41, 5.74) is 14.0. The molecule has 0 radical (unpaired) electrons. The number of rotatable bonds is 3. The van der Waals surface area contributed by atoms with E-state index in [4.69, 9.17) is 0 Å². The smallest absolute Gasteiger partial charge is 0.0285 e. The number of benzene rings is 8. The van der Waals surface area contributed by atoms with Crippen molar-refractivity contribution in [3.63, 3.8) is 0 Å². The van der Waals surface area contributed by atoms with Crippen LogP contribution in [-0.4, -0.2) is 0 Å². The van der Waals surface area contributed by atoms with E-state index in [0.717, 1.165) is 0 Å². The normalized spacial score (nSPS) is 20.8. The van der Waals surface area contributed by atoms with Crippen molar-refractivity contribution in [2.45, 2.75) is 23.7 Å². The molecule has 4 unspecified atom stereocenters. The van der Waals surface area contributed by atoms with Crippen LogP contribution in [0.2, 0.25) is 0 Å². The third-order valence-electron chi connectivity index (χ3n) is 12.6. The van der Waals surface area contributed by atoms with Crippen LogP contribution < -0.4 is 0 Å². The summed E-state index contributed by atoms with van der Waals surface area (Å²) in [5, 5.41) is 10.8. The molecule has 0 saturated carbocycles. The van der Waals surface area contributed by atoms with Crippen molar-refractivity contribution in [3.8, 4) is 0 Å². The van der Waals surface area contributed by atoms with Gasteiger partial charge in [-0.05, 0) is 98.7 Å². The topological polar surface area (TPSA) is 0 Å². The van der Waals surface area contributed by atoms with Crippen molar-refractivity contribution in [2.24, 2.45) is 0 Å². The highest BCUT2D eigenvalue weighted by molar-refractivity contribution is 6.07. The average Bonchev–Trinajstić information content (AvgIpc) is 3.20. The zero-order valence-electron chi connectivity index (χ0n) is 28.6. The highest BCUT2D eigenvalue weighted by atomic mass is 14.4. The Hall–Kier alpha value is -6.24. The van der Waals surface area contributed by atoms with Crippen molar-refractivity contribution < 1.29 is 0 Å². The van der Waals surface area contributed by atoms with Crippen LogP contribution in [0.25, 0.3) is 66.9 Å². The molecule has 0 spiro atoms. The van der Waals surface area contributed by atoms with Crippen molar-refractivity contribution in [1.82, 2.24) is 0 Å². The Balaban J connectivity index is 1.23. The van der Waals surface area contributed by atoms with E-state index in [1.807, 2.05) is 0 Å². The van der Waals surface area contributed by atoms with Crippen LogP contribution in [0.4, 0.5) is 0 Å². The number of allylic oxidation sites excluding steroid dienone is 5. The van der Waals surface area contributed by atoms with Crippen LogP contribution in [0.5, 0.6) is 0 Å². The van der Waals surface area contributed by atoms with E-state index in [1.54, 1.807) is 0 Å². The van der Waals surface area contributed by atoms with Crippen LogP contribution in [-0.2, 0) is 0 Å². The lowest BCUT2D eigenvalue weighted by Gasteiger charge is -2.42. The van der Waals surface area contributed by atoms with Gasteiger partial charge in [0, 0.05) is 23.7 Å². The van der Waals surface area contributed by atoms with Gasteiger partial charge in [-0.25, -0.2) is 0 Å². The lowest BCUT2D eigenvalue weighted by atomic mass is 9.61. The molecule has 8 aromatic carbocycles. The van der Waals surface area contributed by atoms with Crippen LogP contribution >= 0.6 is 0 Å². The van der Waals surface area contributed by atoms with Gasteiger partial charge in [-0.2, -0.15) is 0 Å². The van der Waals surface area contributed by atoms with Crippen molar-refractivity contribution in [3.05, 3.63) is 214 Å². The zero-order valence-corrected chi connectivity index (χ0v) is 28.6. The molecule has 4 atom stereocenters. The van der Waals surface area contributed by atoms with Crippen molar-refractivity contribution in [2.75, 3.05) is 0 Å². The Morgan fingerprint density at radius 1 is 0.327 bits per heavy atom. The molecule has 0 heteroatoms. The predicted octanol–water partition coefficient (Wildman–Crippen LogP) is 13.6. The monoisotopic (exact) mass is 658 g/mol. The van der Waals surface area contributed by atoms with Crippen LogP contribution in [0.1, 0.15) is 68.2 Å². The second kappa shape index (κ2) is 10.6. The maximum absolute atomic E-state index is 2.53. The molecule has 0 aromatic heterocycles. The summed E-state index contributed by atoms with van der Waals surface area (Å²) in [6.45, 7) is 0. The zero-order chi connectivity index (χ0) is 33.9. The first-order valence-electron chi connectivity index (χ1n) is 18.7. The van der Waals surface area contributed by atoms with Crippen molar-refractivity contribution >= 4 is 66.9 Å². The molecule has 0 N–H and O–H groups in total. The molecule has 0 nitrogen and oxygen atoms in total. The molecule has 4 aliphatic carbocycles. The van der Waals surface area contributed by atoms with Gasteiger partial charge in [0.2, 0.25) is 0 Å². The molecule has 0 heterocycles. The Bertz CT molecular complexity index is 2960. The van der Waals surface area contributed by atoms with E-state index in [0.29, 0.717) is 0 Å². The van der Waals surface area contributed by atoms with E-state index in [-0.39, 0.29) is 23.7 Å². The van der Waals surface area contributed by atoms with Gasteiger partial charge in [0.05, 0.1) is 0 Å². The highest BCUT2D eigenvalue weighted by Crippen LogP contribution is 2.60. The largest absolute Gasteiger partial charge is 0.0754 e. The molecule has 0 saturated heterocycles. The summed E-state index contributed by atoms with van der Waals surface area (Å²) in [4.78, 5) is 0. The minimum Gasteiger partial charge on any atom is -0.0754 e. The lowest BCUT2D eigenvalue weighted by Crippen LogP contribution is -2.25. The van der Waals surface area contributed by atoms with Gasteiger partial charge in [-0.15, -0.1) is 0 Å². The van der Waals surface area contributed by atoms with Gasteiger partial charge in [0.25, 0.3) is 0 Å². The summed E-state index contributed by atoms with van der Waals surface area (Å²) < 4.78 is 0. The lowest BCUT2D eigenvalue weighted by molar-refractivity contribution is 0.668. The quantitative estimate of drug-likeness (QED) is 0.177. The van der Waals surface area contributed by atoms with Crippen LogP contribution in [0.3, 0.4) is 0 Å². The predicted molar refractivity (Wildman–Crippen MR) is 221 cm³/mol. The molecule has 12 rings (SSSR count). The summed E-state index contributed by atoms with van der Waals surface area (Å²) in [6.07, 6.45) is 14.8. The van der Waals surface area contributed by atoms with Crippen LogP contribution in [0.15, 0.2) is 169 Å². The molecule has 0 fully saturated rings. The number of hydrogen-bond acceptors (Lipinski definition) is 0. The third kappa shape index (κ3) is 3.82. The van der Waals surface area contributed by atoms with E-state index in [9.17, 15) is 0 Å². The molecule has 52 heavy (non-hydrogen) atoms. The second-order valence-electron chi connectivity index (χ2n) is 15.0. The van der Waals surface area contributed by atoms with Gasteiger partial charge in [-0.1, -0.05) is 182 Å². The number of hydrogen-bond donors (Lipinski definition) is 0. The fourth-order valence-corrected chi connectivity index (χ4v) is 10.6. The molecule has 0 amide bonds. The van der Waals surface area contributed by atoms with Gasteiger partial charge < -0.3 is 0 Å². The van der Waals surface area contributed by atoms with Gasteiger partial charge in [-0.3, -0.25) is 0 Å². The first kappa shape index (κ1) is 28.5. The fourth-order valence-electron chi connectivity index (χ4n) is 10.6. The summed E-state index contributed by atoms with van der Waals surface area (Å²) in [6, 6.07) is 55.2. The van der Waals surface area contributed by atoms with Crippen molar-refractivity contribution in [1.29, 1.82) is 0 Å². The van der Waals surface area contributed by atoms with E-state index >= 15 is 0 Å². The summed E-state index contributed by atoms with van der Waals surface area (Å²) >= 11 is 0.